The number of piperazine rings is 1. The fourth-order valence-corrected chi connectivity index (χ4v) is 3.88. The molecule has 0 aromatic carbocycles. The Bertz CT molecular complexity index is 491. The van der Waals surface area contributed by atoms with Crippen molar-refractivity contribution in [2.75, 3.05) is 32.4 Å². The van der Waals surface area contributed by atoms with Gasteiger partial charge in [0.25, 0.3) is 0 Å². The Morgan fingerprint density at radius 3 is 2.00 bits per heavy atom. The van der Waals surface area contributed by atoms with Crippen molar-refractivity contribution in [3.8, 4) is 0 Å². The first-order chi connectivity index (χ1) is 9.10. The molecule has 0 atom stereocenters. The van der Waals surface area contributed by atoms with E-state index in [1.54, 1.807) is 6.92 Å². The lowest BCUT2D eigenvalue weighted by Crippen LogP contribution is -2.59. The number of amides is 1. The van der Waals surface area contributed by atoms with Crippen LogP contribution >= 0.6 is 0 Å². The molecule has 0 unspecified atom stereocenters. The summed E-state index contributed by atoms with van der Waals surface area (Å²) in [5.41, 5.74) is -0.948. The Kier molecular flexibility index (Phi) is 3.83. The molecule has 1 aliphatic carbocycles. The minimum Gasteiger partial charge on any atom is -0.340 e. The number of hydrogen-bond donors (Lipinski definition) is 0. The van der Waals surface area contributed by atoms with Crippen molar-refractivity contribution in [1.29, 1.82) is 0 Å². The van der Waals surface area contributed by atoms with Crippen LogP contribution in [0.1, 0.15) is 26.2 Å². The molecular weight excluding hydrogens is 290 g/mol. The number of carbonyl (C=O) groups is 1. The maximum absolute atomic E-state index is 13.1. The zero-order valence-corrected chi connectivity index (χ0v) is 12.5. The van der Waals surface area contributed by atoms with Crippen LogP contribution in [0.4, 0.5) is 8.78 Å². The second kappa shape index (κ2) is 4.91. The Morgan fingerprint density at radius 1 is 1.15 bits per heavy atom. The first kappa shape index (κ1) is 15.6. The van der Waals surface area contributed by atoms with E-state index in [1.807, 2.05) is 0 Å². The zero-order chi connectivity index (χ0) is 15.2. The van der Waals surface area contributed by atoms with Crippen molar-refractivity contribution >= 4 is 15.9 Å². The van der Waals surface area contributed by atoms with Crippen LogP contribution in [0.5, 0.6) is 0 Å². The van der Waals surface area contributed by atoms with Crippen LogP contribution in [0.2, 0.25) is 0 Å². The third kappa shape index (κ3) is 2.81. The Labute approximate surface area is 118 Å². The Balaban J connectivity index is 1.99. The predicted octanol–water partition coefficient (Wildman–Crippen LogP) is 0.916. The van der Waals surface area contributed by atoms with Crippen LogP contribution in [0.15, 0.2) is 0 Å². The molecule has 0 aromatic heterocycles. The Hall–Kier alpha value is -0.760. The second-order valence-electron chi connectivity index (χ2n) is 5.80. The molecule has 1 amide bonds. The predicted molar refractivity (Wildman–Crippen MR) is 69.9 cm³/mol. The molecule has 2 rings (SSSR count). The molecule has 0 bridgehead atoms. The van der Waals surface area contributed by atoms with Crippen molar-refractivity contribution < 1.29 is 22.0 Å². The van der Waals surface area contributed by atoms with Crippen LogP contribution in [0.3, 0.4) is 0 Å². The zero-order valence-electron chi connectivity index (χ0n) is 11.7. The van der Waals surface area contributed by atoms with Crippen LogP contribution in [0.25, 0.3) is 0 Å². The van der Waals surface area contributed by atoms with E-state index < -0.39 is 21.4 Å². The van der Waals surface area contributed by atoms with Gasteiger partial charge in [0.2, 0.25) is 21.9 Å². The average molecular weight is 310 g/mol. The number of halogens is 2. The summed E-state index contributed by atoms with van der Waals surface area (Å²) < 4.78 is 50.3. The lowest BCUT2D eigenvalue weighted by molar-refractivity contribution is -0.189. The summed E-state index contributed by atoms with van der Waals surface area (Å²) in [4.78, 5) is 13.9. The smallest absolute Gasteiger partial charge is 0.250 e. The van der Waals surface area contributed by atoms with Crippen LogP contribution < -0.4 is 0 Å². The topological polar surface area (TPSA) is 57.7 Å². The van der Waals surface area contributed by atoms with Crippen molar-refractivity contribution in [2.45, 2.75) is 32.1 Å². The van der Waals surface area contributed by atoms with Gasteiger partial charge in [-0.05, 0) is 6.42 Å². The molecule has 0 N–H and O–H groups in total. The van der Waals surface area contributed by atoms with Gasteiger partial charge < -0.3 is 4.90 Å². The lowest BCUT2D eigenvalue weighted by Gasteiger charge is -2.48. The highest BCUT2D eigenvalue weighted by atomic mass is 32.2. The number of alkyl halides is 2. The van der Waals surface area contributed by atoms with Gasteiger partial charge in [0.05, 0.1) is 11.7 Å². The van der Waals surface area contributed by atoms with Gasteiger partial charge in [-0.15, -0.1) is 0 Å². The summed E-state index contributed by atoms with van der Waals surface area (Å²) in [6.45, 7) is 2.78. The maximum Gasteiger partial charge on any atom is 0.250 e. The standard InChI is InChI=1S/C12H20F2N2O3S/c1-3-11(8-12(13,14)9-11)10(17)15-4-6-16(7-5-15)20(2,18)19/h3-9H2,1-2H3. The second-order valence-corrected chi connectivity index (χ2v) is 7.78. The van der Waals surface area contributed by atoms with E-state index in [4.69, 9.17) is 0 Å². The normalized spacial score (nSPS) is 26.1. The summed E-state index contributed by atoms with van der Waals surface area (Å²) in [5.74, 6) is -2.99. The average Bonchev–Trinajstić information content (AvgIpc) is 2.33. The summed E-state index contributed by atoms with van der Waals surface area (Å²) in [6, 6.07) is 0. The fourth-order valence-electron chi connectivity index (χ4n) is 3.05. The van der Waals surface area contributed by atoms with Gasteiger partial charge >= 0.3 is 0 Å². The molecule has 2 fully saturated rings. The third-order valence-electron chi connectivity index (χ3n) is 4.32. The summed E-state index contributed by atoms with van der Waals surface area (Å²) in [6.07, 6.45) is 0.751. The molecule has 1 saturated heterocycles. The molecule has 0 aromatic rings. The number of rotatable bonds is 3. The van der Waals surface area contributed by atoms with Gasteiger partial charge in [-0.25, -0.2) is 17.2 Å². The van der Waals surface area contributed by atoms with E-state index in [0.717, 1.165) is 6.26 Å². The molecule has 0 spiro atoms. The molecule has 1 saturated carbocycles. The van der Waals surface area contributed by atoms with Crippen LogP contribution in [-0.2, 0) is 14.8 Å². The van der Waals surface area contributed by atoms with E-state index in [2.05, 4.69) is 0 Å². The highest BCUT2D eigenvalue weighted by Gasteiger charge is 2.60. The molecular formula is C12H20F2N2O3S. The van der Waals surface area contributed by atoms with Gasteiger partial charge in [0.1, 0.15) is 0 Å². The monoisotopic (exact) mass is 310 g/mol. The molecule has 8 heteroatoms. The number of carbonyl (C=O) groups excluding carboxylic acids is 1. The van der Waals surface area contributed by atoms with Gasteiger partial charge in [0.15, 0.2) is 0 Å². The van der Waals surface area contributed by atoms with Gasteiger partial charge in [-0.2, -0.15) is 4.31 Å². The lowest BCUT2D eigenvalue weighted by atomic mass is 9.63. The van der Waals surface area contributed by atoms with E-state index in [0.29, 0.717) is 6.42 Å². The first-order valence-electron chi connectivity index (χ1n) is 6.72. The Morgan fingerprint density at radius 2 is 1.65 bits per heavy atom. The molecule has 2 aliphatic rings. The van der Waals surface area contributed by atoms with E-state index in [1.165, 1.54) is 9.21 Å². The first-order valence-corrected chi connectivity index (χ1v) is 8.57. The van der Waals surface area contributed by atoms with E-state index in [9.17, 15) is 22.0 Å². The molecule has 1 heterocycles. The number of nitrogens with zero attached hydrogens (tertiary/aromatic N) is 2. The minimum atomic E-state index is -3.25. The van der Waals surface area contributed by atoms with Gasteiger partial charge in [0, 0.05) is 39.0 Å². The molecule has 1 aliphatic heterocycles. The summed E-state index contributed by atoms with van der Waals surface area (Å²) >= 11 is 0. The molecule has 116 valence electrons. The SMILES string of the molecule is CCC1(C(=O)N2CCN(S(C)(=O)=O)CC2)CC(F)(F)C1. The van der Waals surface area contributed by atoms with E-state index >= 15 is 0 Å². The number of hydrogen-bond acceptors (Lipinski definition) is 3. The third-order valence-corrected chi connectivity index (χ3v) is 5.62. The quantitative estimate of drug-likeness (QED) is 0.779. The van der Waals surface area contributed by atoms with Gasteiger partial charge in [-0.1, -0.05) is 6.92 Å². The van der Waals surface area contributed by atoms with Crippen molar-refractivity contribution in [2.24, 2.45) is 5.41 Å². The molecule has 0 radical (unpaired) electrons. The largest absolute Gasteiger partial charge is 0.340 e. The summed E-state index contributed by atoms with van der Waals surface area (Å²) in [5, 5.41) is 0. The van der Waals surface area contributed by atoms with Crippen LogP contribution in [0, 0.1) is 5.41 Å². The summed E-state index contributed by atoms with van der Waals surface area (Å²) in [7, 11) is -3.25. The molecule has 5 nitrogen and oxygen atoms in total. The molecule has 20 heavy (non-hydrogen) atoms. The number of sulfonamides is 1. The van der Waals surface area contributed by atoms with E-state index in [-0.39, 0.29) is 44.9 Å². The van der Waals surface area contributed by atoms with Crippen LogP contribution in [-0.4, -0.2) is 61.9 Å². The van der Waals surface area contributed by atoms with Crippen molar-refractivity contribution in [3.63, 3.8) is 0 Å². The minimum absolute atomic E-state index is 0.237. The fraction of sp³-hybridized carbons (Fsp3) is 0.917. The highest BCUT2D eigenvalue weighted by Crippen LogP contribution is 2.54. The van der Waals surface area contributed by atoms with Gasteiger partial charge in [-0.3, -0.25) is 4.79 Å². The highest BCUT2D eigenvalue weighted by molar-refractivity contribution is 7.88. The van der Waals surface area contributed by atoms with Crippen molar-refractivity contribution in [1.82, 2.24) is 9.21 Å². The maximum atomic E-state index is 13.1. The van der Waals surface area contributed by atoms with Crippen molar-refractivity contribution in [3.05, 3.63) is 0 Å².